The third-order valence-electron chi connectivity index (χ3n) is 2.17. The van der Waals surface area contributed by atoms with Crippen LogP contribution in [0.25, 0.3) is 0 Å². The SMILES string of the molecule is Fc1cccc(Cl)c1[C@H]1CCN1. The highest BCUT2D eigenvalue weighted by Gasteiger charge is 2.23. The molecule has 0 unspecified atom stereocenters. The van der Waals surface area contributed by atoms with Gasteiger partial charge in [-0.15, -0.1) is 0 Å². The van der Waals surface area contributed by atoms with Gasteiger partial charge in [-0.1, -0.05) is 17.7 Å². The summed E-state index contributed by atoms with van der Waals surface area (Å²) >= 11 is 5.86. The van der Waals surface area contributed by atoms with Gasteiger partial charge in [-0.25, -0.2) is 4.39 Å². The van der Waals surface area contributed by atoms with Crippen LogP contribution in [0.4, 0.5) is 4.39 Å². The smallest absolute Gasteiger partial charge is 0.129 e. The number of hydrogen-bond donors (Lipinski definition) is 1. The molecule has 1 aromatic carbocycles. The van der Waals surface area contributed by atoms with Gasteiger partial charge >= 0.3 is 0 Å². The van der Waals surface area contributed by atoms with Gasteiger partial charge < -0.3 is 5.32 Å². The van der Waals surface area contributed by atoms with Crippen molar-refractivity contribution >= 4 is 11.6 Å². The molecule has 0 amide bonds. The molecule has 0 aliphatic carbocycles. The summed E-state index contributed by atoms with van der Waals surface area (Å²) < 4.78 is 13.2. The Labute approximate surface area is 75.5 Å². The van der Waals surface area contributed by atoms with Crippen molar-refractivity contribution in [2.45, 2.75) is 12.5 Å². The van der Waals surface area contributed by atoms with Gasteiger partial charge in [-0.05, 0) is 25.1 Å². The van der Waals surface area contributed by atoms with Crippen molar-refractivity contribution in [3.8, 4) is 0 Å². The van der Waals surface area contributed by atoms with E-state index in [2.05, 4.69) is 5.32 Å². The number of rotatable bonds is 1. The lowest BCUT2D eigenvalue weighted by Gasteiger charge is -2.28. The van der Waals surface area contributed by atoms with Crippen LogP contribution in [0.2, 0.25) is 5.02 Å². The quantitative estimate of drug-likeness (QED) is 0.709. The highest BCUT2D eigenvalue weighted by molar-refractivity contribution is 6.31. The molecule has 1 fully saturated rings. The van der Waals surface area contributed by atoms with E-state index in [1.807, 2.05) is 0 Å². The maximum Gasteiger partial charge on any atom is 0.129 e. The summed E-state index contributed by atoms with van der Waals surface area (Å²) in [5.74, 6) is -0.209. The Morgan fingerprint density at radius 1 is 1.50 bits per heavy atom. The largest absolute Gasteiger partial charge is 0.310 e. The van der Waals surface area contributed by atoms with E-state index in [1.165, 1.54) is 6.07 Å². The molecule has 0 aromatic heterocycles. The molecule has 1 aliphatic rings. The van der Waals surface area contributed by atoms with Crippen LogP contribution >= 0.6 is 11.6 Å². The first-order valence-corrected chi connectivity index (χ1v) is 4.34. The Morgan fingerprint density at radius 2 is 2.25 bits per heavy atom. The van der Waals surface area contributed by atoms with Crippen LogP contribution in [0.1, 0.15) is 18.0 Å². The lowest BCUT2D eigenvalue weighted by molar-refractivity contribution is 0.370. The minimum atomic E-state index is -0.209. The molecule has 1 aliphatic heterocycles. The van der Waals surface area contributed by atoms with E-state index in [4.69, 9.17) is 11.6 Å². The molecular weight excluding hydrogens is 177 g/mol. The standard InChI is InChI=1S/C9H9ClFN/c10-6-2-1-3-7(11)9(6)8-4-5-12-8/h1-3,8,12H,4-5H2/t8-/m1/s1. The van der Waals surface area contributed by atoms with Crippen LogP contribution in [0.3, 0.4) is 0 Å². The number of nitrogens with one attached hydrogen (secondary N) is 1. The molecule has 0 radical (unpaired) electrons. The van der Waals surface area contributed by atoms with Crippen LogP contribution < -0.4 is 5.32 Å². The fourth-order valence-electron chi connectivity index (χ4n) is 1.38. The Bertz CT molecular complexity index is 276. The summed E-state index contributed by atoms with van der Waals surface area (Å²) in [6.07, 6.45) is 0.973. The molecule has 0 bridgehead atoms. The minimum absolute atomic E-state index is 0.124. The van der Waals surface area contributed by atoms with Crippen molar-refractivity contribution in [3.63, 3.8) is 0 Å². The van der Waals surface area contributed by atoms with Gasteiger partial charge in [0.05, 0.1) is 0 Å². The van der Waals surface area contributed by atoms with Gasteiger partial charge in [-0.2, -0.15) is 0 Å². The van der Waals surface area contributed by atoms with Crippen molar-refractivity contribution in [2.75, 3.05) is 6.54 Å². The molecule has 3 heteroatoms. The van der Waals surface area contributed by atoms with Gasteiger partial charge in [-0.3, -0.25) is 0 Å². The van der Waals surface area contributed by atoms with Crippen molar-refractivity contribution in [1.29, 1.82) is 0 Å². The molecule has 12 heavy (non-hydrogen) atoms. The molecule has 1 N–H and O–H groups in total. The zero-order valence-electron chi connectivity index (χ0n) is 6.48. The predicted octanol–water partition coefficient (Wildman–Crippen LogP) is 2.51. The zero-order chi connectivity index (χ0) is 8.55. The van der Waals surface area contributed by atoms with E-state index >= 15 is 0 Å². The molecule has 0 spiro atoms. The van der Waals surface area contributed by atoms with Gasteiger partial charge in [0.15, 0.2) is 0 Å². The van der Waals surface area contributed by atoms with Crippen molar-refractivity contribution in [3.05, 3.63) is 34.6 Å². The van der Waals surface area contributed by atoms with Gasteiger partial charge in [0.1, 0.15) is 5.82 Å². The lowest BCUT2D eigenvalue weighted by atomic mass is 9.97. The van der Waals surface area contributed by atoms with E-state index in [9.17, 15) is 4.39 Å². The Kier molecular flexibility index (Phi) is 2.03. The first-order chi connectivity index (χ1) is 5.79. The highest BCUT2D eigenvalue weighted by atomic mass is 35.5. The summed E-state index contributed by atoms with van der Waals surface area (Å²) in [6, 6.07) is 4.92. The van der Waals surface area contributed by atoms with E-state index in [0.717, 1.165) is 13.0 Å². The monoisotopic (exact) mass is 185 g/mol. The molecule has 1 heterocycles. The summed E-state index contributed by atoms with van der Waals surface area (Å²) in [7, 11) is 0. The van der Waals surface area contributed by atoms with Crippen LogP contribution in [0.15, 0.2) is 18.2 Å². The normalized spacial score (nSPS) is 22.0. The van der Waals surface area contributed by atoms with Crippen molar-refractivity contribution < 1.29 is 4.39 Å². The average molecular weight is 186 g/mol. The second-order valence-electron chi connectivity index (χ2n) is 2.93. The first-order valence-electron chi connectivity index (χ1n) is 3.96. The minimum Gasteiger partial charge on any atom is -0.310 e. The zero-order valence-corrected chi connectivity index (χ0v) is 7.24. The van der Waals surface area contributed by atoms with Crippen LogP contribution in [-0.4, -0.2) is 6.54 Å². The highest BCUT2D eigenvalue weighted by Crippen LogP contribution is 2.31. The van der Waals surface area contributed by atoms with E-state index in [-0.39, 0.29) is 11.9 Å². The summed E-state index contributed by atoms with van der Waals surface area (Å²) in [6.45, 7) is 0.954. The third kappa shape index (κ3) is 1.21. The van der Waals surface area contributed by atoms with Crippen LogP contribution in [0, 0.1) is 5.82 Å². The molecule has 0 saturated carbocycles. The van der Waals surface area contributed by atoms with Crippen molar-refractivity contribution in [1.82, 2.24) is 5.32 Å². The molecular formula is C9H9ClFN. The van der Waals surface area contributed by atoms with Crippen molar-refractivity contribution in [2.24, 2.45) is 0 Å². The molecule has 1 saturated heterocycles. The van der Waals surface area contributed by atoms with Crippen LogP contribution in [-0.2, 0) is 0 Å². The van der Waals surface area contributed by atoms with Gasteiger partial charge in [0.25, 0.3) is 0 Å². The van der Waals surface area contributed by atoms with Gasteiger partial charge in [0.2, 0.25) is 0 Å². The maximum absolute atomic E-state index is 13.2. The lowest BCUT2D eigenvalue weighted by Crippen LogP contribution is -2.35. The fourth-order valence-corrected chi connectivity index (χ4v) is 1.67. The summed E-state index contributed by atoms with van der Waals surface area (Å²) in [4.78, 5) is 0. The third-order valence-corrected chi connectivity index (χ3v) is 2.50. The number of halogens is 2. The second-order valence-corrected chi connectivity index (χ2v) is 3.34. The topological polar surface area (TPSA) is 12.0 Å². The molecule has 2 rings (SSSR count). The average Bonchev–Trinajstić information content (AvgIpc) is 1.93. The van der Waals surface area contributed by atoms with E-state index in [1.54, 1.807) is 12.1 Å². The molecule has 64 valence electrons. The van der Waals surface area contributed by atoms with Crippen LogP contribution in [0.5, 0.6) is 0 Å². The fraction of sp³-hybridized carbons (Fsp3) is 0.333. The van der Waals surface area contributed by atoms with Gasteiger partial charge in [0, 0.05) is 16.6 Å². The van der Waals surface area contributed by atoms with E-state index in [0.29, 0.717) is 10.6 Å². The second kappa shape index (κ2) is 3.04. The Balaban J connectivity index is 2.39. The van der Waals surface area contributed by atoms with E-state index < -0.39 is 0 Å². The molecule has 1 nitrogen and oxygen atoms in total. The number of benzene rings is 1. The maximum atomic E-state index is 13.2. The summed E-state index contributed by atoms with van der Waals surface area (Å²) in [5.41, 5.74) is 0.616. The number of hydrogen-bond acceptors (Lipinski definition) is 1. The Hall–Kier alpha value is -0.600. The molecule has 1 atom stereocenters. The Morgan fingerprint density at radius 3 is 2.75 bits per heavy atom. The summed E-state index contributed by atoms with van der Waals surface area (Å²) in [5, 5.41) is 3.64. The molecule has 1 aromatic rings. The predicted molar refractivity (Wildman–Crippen MR) is 46.8 cm³/mol. The first kappa shape index (κ1) is 8.02.